The first-order valence-electron chi connectivity index (χ1n) is 5.34. The maximum Gasteiger partial charge on any atom is 0.230 e. The predicted molar refractivity (Wildman–Crippen MR) is 62.5 cm³/mol. The molecular weight excluding hydrogens is 226 g/mol. The highest BCUT2D eigenvalue weighted by molar-refractivity contribution is 6.30. The number of aliphatic hydroxyl groups excluding tert-OH is 1. The summed E-state index contributed by atoms with van der Waals surface area (Å²) in [5.41, 5.74) is 0.565. The predicted octanol–water partition coefficient (Wildman–Crippen LogP) is 1.48. The Morgan fingerprint density at radius 3 is 2.81 bits per heavy atom. The summed E-state index contributed by atoms with van der Waals surface area (Å²) >= 11 is 5.92. The van der Waals surface area contributed by atoms with E-state index in [9.17, 15) is 4.79 Å². The van der Waals surface area contributed by atoms with Gasteiger partial charge in [-0.3, -0.25) is 4.79 Å². The highest BCUT2D eigenvalue weighted by atomic mass is 35.5. The zero-order chi connectivity index (χ0) is 11.6. The summed E-state index contributed by atoms with van der Waals surface area (Å²) in [6, 6.07) is 7.42. The summed E-state index contributed by atoms with van der Waals surface area (Å²) in [7, 11) is 0. The van der Waals surface area contributed by atoms with Gasteiger partial charge in [-0.15, -0.1) is 0 Å². The van der Waals surface area contributed by atoms with Gasteiger partial charge in [0.2, 0.25) is 5.91 Å². The molecule has 0 aromatic heterocycles. The Hall–Kier alpha value is -1.06. The molecule has 86 valence electrons. The molecule has 0 radical (unpaired) electrons. The van der Waals surface area contributed by atoms with Crippen LogP contribution in [0.5, 0.6) is 0 Å². The summed E-state index contributed by atoms with van der Waals surface area (Å²) in [6.45, 7) is 0.276. The fourth-order valence-electron chi connectivity index (χ4n) is 1.90. The van der Waals surface area contributed by atoms with Crippen LogP contribution in [-0.4, -0.2) is 24.2 Å². The number of halogens is 1. The average Bonchev–Trinajstić information content (AvgIpc) is 3.07. The minimum Gasteiger partial charge on any atom is -0.395 e. The van der Waals surface area contributed by atoms with Crippen molar-refractivity contribution in [2.75, 3.05) is 13.2 Å². The van der Waals surface area contributed by atoms with Crippen LogP contribution in [0.1, 0.15) is 18.4 Å². The molecule has 0 saturated heterocycles. The second kappa shape index (κ2) is 4.44. The number of aliphatic hydroxyl groups is 1. The third-order valence-corrected chi connectivity index (χ3v) is 3.19. The molecule has 0 bridgehead atoms. The average molecular weight is 240 g/mol. The van der Waals surface area contributed by atoms with Crippen LogP contribution in [0, 0.1) is 0 Å². The van der Waals surface area contributed by atoms with Crippen LogP contribution in [0.2, 0.25) is 5.02 Å². The lowest BCUT2D eigenvalue weighted by atomic mass is 9.95. The molecule has 2 N–H and O–H groups in total. The number of hydrogen-bond acceptors (Lipinski definition) is 2. The molecule has 1 saturated carbocycles. The van der Waals surface area contributed by atoms with Gasteiger partial charge in [0.15, 0.2) is 0 Å². The SMILES string of the molecule is O=C(NCCO)C1(c2cccc(Cl)c2)CC1. The molecule has 4 heteroatoms. The fraction of sp³-hybridized carbons (Fsp3) is 0.417. The summed E-state index contributed by atoms with van der Waals surface area (Å²) < 4.78 is 0. The molecule has 2 rings (SSSR count). The van der Waals surface area contributed by atoms with Crippen molar-refractivity contribution in [3.63, 3.8) is 0 Å². The quantitative estimate of drug-likeness (QED) is 0.836. The minimum atomic E-state index is -0.403. The van der Waals surface area contributed by atoms with E-state index < -0.39 is 5.41 Å². The molecule has 0 unspecified atom stereocenters. The lowest BCUT2D eigenvalue weighted by Crippen LogP contribution is -2.36. The molecule has 0 heterocycles. The molecule has 0 atom stereocenters. The van der Waals surface area contributed by atoms with Crippen molar-refractivity contribution in [1.29, 1.82) is 0 Å². The van der Waals surface area contributed by atoms with Gasteiger partial charge in [-0.2, -0.15) is 0 Å². The molecule has 1 aliphatic rings. The van der Waals surface area contributed by atoms with E-state index in [2.05, 4.69) is 5.32 Å². The van der Waals surface area contributed by atoms with E-state index in [4.69, 9.17) is 16.7 Å². The summed E-state index contributed by atoms with van der Waals surface area (Å²) in [6.07, 6.45) is 1.70. The van der Waals surface area contributed by atoms with Crippen LogP contribution in [0.3, 0.4) is 0 Å². The molecule has 1 fully saturated rings. The summed E-state index contributed by atoms with van der Waals surface area (Å²) in [5.74, 6) is -0.0104. The van der Waals surface area contributed by atoms with E-state index in [1.54, 1.807) is 6.07 Å². The fourth-order valence-corrected chi connectivity index (χ4v) is 2.09. The normalized spacial score (nSPS) is 16.9. The standard InChI is InChI=1S/C12H14ClNO2/c13-10-3-1-2-9(8-10)12(4-5-12)11(16)14-6-7-15/h1-3,8,15H,4-7H2,(H,14,16). The molecule has 1 aromatic carbocycles. The Labute approximate surface area is 99.4 Å². The van der Waals surface area contributed by atoms with Crippen molar-refractivity contribution < 1.29 is 9.90 Å². The van der Waals surface area contributed by atoms with Crippen LogP contribution >= 0.6 is 11.6 Å². The topological polar surface area (TPSA) is 49.3 Å². The van der Waals surface area contributed by atoms with Crippen molar-refractivity contribution in [3.05, 3.63) is 34.9 Å². The van der Waals surface area contributed by atoms with Crippen molar-refractivity contribution in [2.45, 2.75) is 18.3 Å². The summed E-state index contributed by atoms with van der Waals surface area (Å²) in [5, 5.41) is 12.1. The Balaban J connectivity index is 2.16. The van der Waals surface area contributed by atoms with Crippen molar-refractivity contribution >= 4 is 17.5 Å². The largest absolute Gasteiger partial charge is 0.395 e. The summed E-state index contributed by atoms with van der Waals surface area (Å²) in [4.78, 5) is 11.9. The van der Waals surface area contributed by atoms with Gasteiger partial charge in [-0.25, -0.2) is 0 Å². The van der Waals surface area contributed by atoms with Crippen LogP contribution < -0.4 is 5.32 Å². The van der Waals surface area contributed by atoms with Gasteiger partial charge in [-0.1, -0.05) is 23.7 Å². The molecule has 1 aliphatic carbocycles. The number of amides is 1. The van der Waals surface area contributed by atoms with Gasteiger partial charge in [0.1, 0.15) is 0 Å². The van der Waals surface area contributed by atoms with Crippen LogP contribution in [0.4, 0.5) is 0 Å². The molecule has 0 spiro atoms. The highest BCUT2D eigenvalue weighted by Crippen LogP contribution is 2.48. The van der Waals surface area contributed by atoms with Gasteiger partial charge >= 0.3 is 0 Å². The van der Waals surface area contributed by atoms with Gasteiger partial charge in [-0.05, 0) is 30.5 Å². The van der Waals surface area contributed by atoms with Gasteiger partial charge in [0.05, 0.1) is 12.0 Å². The van der Waals surface area contributed by atoms with Gasteiger partial charge in [0.25, 0.3) is 0 Å². The number of hydrogen-bond donors (Lipinski definition) is 2. The van der Waals surface area contributed by atoms with Crippen LogP contribution in [0.15, 0.2) is 24.3 Å². The van der Waals surface area contributed by atoms with Crippen molar-refractivity contribution in [3.8, 4) is 0 Å². The Kier molecular flexibility index (Phi) is 3.17. The number of benzene rings is 1. The second-order valence-corrected chi connectivity index (χ2v) is 4.51. The van der Waals surface area contributed by atoms with Crippen LogP contribution in [-0.2, 0) is 10.2 Å². The van der Waals surface area contributed by atoms with Crippen LogP contribution in [0.25, 0.3) is 0 Å². The van der Waals surface area contributed by atoms with Crippen molar-refractivity contribution in [1.82, 2.24) is 5.32 Å². The maximum absolute atomic E-state index is 11.9. The number of nitrogens with one attached hydrogen (secondary N) is 1. The van der Waals surface area contributed by atoms with E-state index >= 15 is 0 Å². The second-order valence-electron chi connectivity index (χ2n) is 4.07. The molecule has 0 aliphatic heterocycles. The third-order valence-electron chi connectivity index (χ3n) is 2.96. The Morgan fingerprint density at radius 2 is 2.25 bits per heavy atom. The monoisotopic (exact) mass is 239 g/mol. The molecular formula is C12H14ClNO2. The van der Waals surface area contributed by atoms with E-state index in [1.165, 1.54) is 0 Å². The number of carbonyl (C=O) groups is 1. The third kappa shape index (κ3) is 2.06. The first-order chi connectivity index (χ1) is 7.69. The molecule has 1 aromatic rings. The van der Waals surface area contributed by atoms with E-state index in [0.717, 1.165) is 18.4 Å². The smallest absolute Gasteiger partial charge is 0.230 e. The number of rotatable bonds is 4. The highest BCUT2D eigenvalue weighted by Gasteiger charge is 2.51. The minimum absolute atomic E-state index is 0.0104. The maximum atomic E-state index is 11.9. The van der Waals surface area contributed by atoms with Crippen molar-refractivity contribution in [2.24, 2.45) is 0 Å². The molecule has 16 heavy (non-hydrogen) atoms. The molecule has 3 nitrogen and oxygen atoms in total. The van der Waals surface area contributed by atoms with Gasteiger partial charge in [0, 0.05) is 11.6 Å². The Morgan fingerprint density at radius 1 is 1.50 bits per heavy atom. The zero-order valence-corrected chi connectivity index (χ0v) is 9.63. The number of carbonyl (C=O) groups excluding carboxylic acids is 1. The molecule has 1 amide bonds. The van der Waals surface area contributed by atoms with E-state index in [1.807, 2.05) is 18.2 Å². The first kappa shape index (κ1) is 11.4. The Bertz CT molecular complexity index is 402. The van der Waals surface area contributed by atoms with E-state index in [0.29, 0.717) is 11.6 Å². The lowest BCUT2D eigenvalue weighted by molar-refractivity contribution is -0.123. The van der Waals surface area contributed by atoms with E-state index in [-0.39, 0.29) is 12.5 Å². The first-order valence-corrected chi connectivity index (χ1v) is 5.72. The zero-order valence-electron chi connectivity index (χ0n) is 8.87. The lowest BCUT2D eigenvalue weighted by Gasteiger charge is -2.15. The van der Waals surface area contributed by atoms with Gasteiger partial charge < -0.3 is 10.4 Å².